The van der Waals surface area contributed by atoms with E-state index in [-0.39, 0.29) is 17.4 Å². The number of hydrogen-bond acceptors (Lipinski definition) is 5. The molecule has 0 saturated heterocycles. The van der Waals surface area contributed by atoms with Gasteiger partial charge in [-0.05, 0) is 49.8 Å². The van der Waals surface area contributed by atoms with Gasteiger partial charge in [0.1, 0.15) is 12.1 Å². The van der Waals surface area contributed by atoms with Crippen LogP contribution in [-0.2, 0) is 15.9 Å². The summed E-state index contributed by atoms with van der Waals surface area (Å²) in [7, 11) is 0. The molecule has 0 aliphatic heterocycles. The van der Waals surface area contributed by atoms with E-state index in [1.165, 1.54) is 6.07 Å². The molecule has 0 radical (unpaired) electrons. The maximum absolute atomic E-state index is 12.1. The Balaban J connectivity index is 2.09. The van der Waals surface area contributed by atoms with Crippen LogP contribution in [0.1, 0.15) is 40.4 Å². The third-order valence-electron chi connectivity index (χ3n) is 3.39. The summed E-state index contributed by atoms with van der Waals surface area (Å²) >= 11 is 0. The van der Waals surface area contributed by atoms with Gasteiger partial charge in [0.25, 0.3) is 0 Å². The molecule has 0 amide bonds. The number of hydrogen-bond donors (Lipinski definition) is 3. The van der Waals surface area contributed by atoms with E-state index in [1.807, 2.05) is 0 Å². The second-order valence-electron chi connectivity index (χ2n) is 5.02. The Morgan fingerprint density at radius 2 is 2.05 bits per heavy atom. The first-order chi connectivity index (χ1) is 10.3. The Hall–Kier alpha value is -1.75. The summed E-state index contributed by atoms with van der Waals surface area (Å²) in [5.41, 5.74) is 5.75. The van der Waals surface area contributed by atoms with Gasteiger partial charge < -0.3 is 20.7 Å². The predicted molar refractivity (Wildman–Crippen MR) is 74.4 cm³/mol. The standard InChI is InChI=1S/C15H21NO4/c16-12(8-10-6-7-13(17)14(18)9-10)15(19)20-11-4-2-1-3-5-11/h6-7,9,11-12,17-18H,1-5,8,16H2/i8D2. The van der Waals surface area contributed by atoms with Gasteiger partial charge in [0.15, 0.2) is 11.5 Å². The molecule has 1 aliphatic carbocycles. The minimum absolute atomic E-state index is 0.0101. The van der Waals surface area contributed by atoms with Crippen molar-refractivity contribution in [1.82, 2.24) is 0 Å². The Bertz CT molecular complexity index is 544. The number of esters is 1. The Kier molecular flexibility index (Phi) is 3.97. The van der Waals surface area contributed by atoms with Gasteiger partial charge in [-0.2, -0.15) is 0 Å². The second kappa shape index (κ2) is 6.61. The van der Waals surface area contributed by atoms with Crippen molar-refractivity contribution in [2.45, 2.75) is 50.6 Å². The lowest BCUT2D eigenvalue weighted by molar-refractivity contribution is -0.152. The van der Waals surface area contributed by atoms with E-state index in [2.05, 4.69) is 0 Å². The lowest BCUT2D eigenvalue weighted by atomic mass is 9.97. The van der Waals surface area contributed by atoms with Crippen LogP contribution in [0.25, 0.3) is 0 Å². The monoisotopic (exact) mass is 281 g/mol. The minimum atomic E-state index is -2.21. The summed E-state index contributed by atoms with van der Waals surface area (Å²) in [6.45, 7) is 0. The van der Waals surface area contributed by atoms with Gasteiger partial charge in [0, 0.05) is 2.74 Å². The van der Waals surface area contributed by atoms with Crippen molar-refractivity contribution >= 4 is 5.97 Å². The van der Waals surface area contributed by atoms with Crippen molar-refractivity contribution in [2.24, 2.45) is 5.73 Å². The first kappa shape index (κ1) is 12.0. The van der Waals surface area contributed by atoms with Crippen LogP contribution in [0.3, 0.4) is 0 Å². The Morgan fingerprint density at radius 1 is 1.35 bits per heavy atom. The zero-order valence-electron chi connectivity index (χ0n) is 13.2. The molecule has 1 fully saturated rings. The van der Waals surface area contributed by atoms with E-state index in [4.69, 9.17) is 13.2 Å². The normalized spacial score (nSPS) is 19.9. The van der Waals surface area contributed by atoms with Gasteiger partial charge in [-0.25, -0.2) is 0 Å². The van der Waals surface area contributed by atoms with Crippen LogP contribution < -0.4 is 5.73 Å². The second-order valence-corrected chi connectivity index (χ2v) is 5.02. The molecular weight excluding hydrogens is 258 g/mol. The molecule has 1 aromatic carbocycles. The maximum Gasteiger partial charge on any atom is 0.323 e. The van der Waals surface area contributed by atoms with Gasteiger partial charge in [-0.15, -0.1) is 0 Å². The van der Waals surface area contributed by atoms with Crippen molar-refractivity contribution in [2.75, 3.05) is 0 Å². The van der Waals surface area contributed by atoms with E-state index >= 15 is 0 Å². The molecule has 4 N–H and O–H groups in total. The van der Waals surface area contributed by atoms with Crippen LogP contribution in [0.15, 0.2) is 18.2 Å². The lowest BCUT2D eigenvalue weighted by Gasteiger charge is -2.23. The number of phenols is 2. The van der Waals surface area contributed by atoms with Gasteiger partial charge in [-0.1, -0.05) is 12.5 Å². The summed E-state index contributed by atoms with van der Waals surface area (Å²) in [6, 6.07) is 1.99. The van der Waals surface area contributed by atoms with Crippen LogP contribution in [0.2, 0.25) is 0 Å². The summed E-state index contributed by atoms with van der Waals surface area (Å²) < 4.78 is 21.4. The number of nitrogens with two attached hydrogens (primary N) is 1. The predicted octanol–water partition coefficient (Wildman–Crippen LogP) is 1.84. The van der Waals surface area contributed by atoms with Crippen molar-refractivity contribution in [3.63, 3.8) is 0 Å². The van der Waals surface area contributed by atoms with E-state index in [0.29, 0.717) is 0 Å². The van der Waals surface area contributed by atoms with Crippen molar-refractivity contribution in [3.05, 3.63) is 23.8 Å². The van der Waals surface area contributed by atoms with E-state index in [0.717, 1.165) is 44.2 Å². The summed E-state index contributed by atoms with van der Waals surface area (Å²) in [5, 5.41) is 18.7. The number of carbonyl (C=O) groups excluding carboxylic acids is 1. The van der Waals surface area contributed by atoms with Crippen LogP contribution in [-0.4, -0.2) is 28.3 Å². The number of benzene rings is 1. The van der Waals surface area contributed by atoms with E-state index in [1.54, 1.807) is 0 Å². The Labute approximate surface area is 121 Å². The van der Waals surface area contributed by atoms with Crippen molar-refractivity contribution < 1.29 is 22.5 Å². The molecule has 1 unspecified atom stereocenters. The summed E-state index contributed by atoms with van der Waals surface area (Å²) in [6.07, 6.45) is 2.25. The number of ether oxygens (including phenoxy) is 1. The van der Waals surface area contributed by atoms with Crippen LogP contribution in [0, 0.1) is 0 Å². The third-order valence-corrected chi connectivity index (χ3v) is 3.39. The van der Waals surface area contributed by atoms with Crippen molar-refractivity contribution in [1.29, 1.82) is 0 Å². The quantitative estimate of drug-likeness (QED) is 0.578. The molecule has 0 heterocycles. The number of aromatic hydroxyl groups is 2. The molecule has 2 rings (SSSR count). The van der Waals surface area contributed by atoms with Crippen molar-refractivity contribution in [3.8, 4) is 11.5 Å². The third kappa shape index (κ3) is 3.87. The van der Waals surface area contributed by atoms with Gasteiger partial charge in [0.05, 0.1) is 0 Å². The highest BCUT2D eigenvalue weighted by molar-refractivity contribution is 5.76. The molecule has 1 aromatic rings. The fourth-order valence-electron chi connectivity index (χ4n) is 2.27. The van der Waals surface area contributed by atoms with Crippen LogP contribution in [0.5, 0.6) is 11.5 Å². The molecule has 1 saturated carbocycles. The highest BCUT2D eigenvalue weighted by Crippen LogP contribution is 2.25. The van der Waals surface area contributed by atoms with Crippen LogP contribution in [0.4, 0.5) is 0 Å². The highest BCUT2D eigenvalue weighted by atomic mass is 16.5. The molecule has 0 spiro atoms. The first-order valence-electron chi connectivity index (χ1n) is 7.81. The van der Waals surface area contributed by atoms with E-state index < -0.39 is 24.1 Å². The lowest BCUT2D eigenvalue weighted by Crippen LogP contribution is -2.37. The number of phenolic OH excluding ortho intramolecular Hbond substituents is 2. The molecular formula is C15H21NO4. The average molecular weight is 281 g/mol. The van der Waals surface area contributed by atoms with Gasteiger partial charge in [-0.3, -0.25) is 4.79 Å². The molecule has 20 heavy (non-hydrogen) atoms. The number of carbonyl (C=O) groups is 1. The molecule has 5 nitrogen and oxygen atoms in total. The summed E-state index contributed by atoms with van der Waals surface area (Å²) in [5.74, 6) is -1.61. The number of rotatable bonds is 4. The zero-order chi connectivity index (χ0) is 16.3. The van der Waals surface area contributed by atoms with Gasteiger partial charge in [0.2, 0.25) is 0 Å². The van der Waals surface area contributed by atoms with Crippen LogP contribution >= 0.6 is 0 Å². The minimum Gasteiger partial charge on any atom is -0.504 e. The average Bonchev–Trinajstić information content (AvgIpc) is 2.50. The Morgan fingerprint density at radius 3 is 2.70 bits per heavy atom. The molecule has 1 aliphatic rings. The smallest absolute Gasteiger partial charge is 0.323 e. The summed E-state index contributed by atoms with van der Waals surface area (Å²) in [4.78, 5) is 12.1. The SMILES string of the molecule is [2H]C([2H])(c1ccc(O)c(O)c1)C(N)C(=O)OC1CCCCC1. The molecule has 110 valence electrons. The zero-order valence-corrected chi connectivity index (χ0v) is 11.2. The molecule has 0 bridgehead atoms. The fourth-order valence-corrected chi connectivity index (χ4v) is 2.27. The topological polar surface area (TPSA) is 92.8 Å². The first-order valence-corrected chi connectivity index (χ1v) is 6.81. The largest absolute Gasteiger partial charge is 0.504 e. The molecule has 0 aromatic heterocycles. The maximum atomic E-state index is 12.1. The van der Waals surface area contributed by atoms with E-state index in [9.17, 15) is 15.0 Å². The highest BCUT2D eigenvalue weighted by Gasteiger charge is 2.22. The van der Waals surface area contributed by atoms with Gasteiger partial charge >= 0.3 is 5.97 Å². The molecule has 5 heteroatoms. The molecule has 1 atom stereocenters. The fraction of sp³-hybridized carbons (Fsp3) is 0.533.